The molecule has 1 N–H and O–H groups in total. The number of nitrogens with zero attached hydrogens (tertiary/aromatic N) is 1. The first kappa shape index (κ1) is 12.0. The second-order valence-corrected chi connectivity index (χ2v) is 5.04. The monoisotopic (exact) mass is 217 g/mol. The van der Waals surface area contributed by atoms with Crippen molar-refractivity contribution in [2.75, 3.05) is 19.3 Å². The van der Waals surface area contributed by atoms with E-state index in [0.717, 1.165) is 25.9 Å². The molecule has 0 radical (unpaired) electrons. The molecule has 3 nitrogen and oxygen atoms in total. The van der Waals surface area contributed by atoms with Crippen LogP contribution in [0.25, 0.3) is 0 Å². The van der Waals surface area contributed by atoms with Gasteiger partial charge in [-0.15, -0.1) is 0 Å². The van der Waals surface area contributed by atoms with Gasteiger partial charge in [0.2, 0.25) is 5.12 Å². The van der Waals surface area contributed by atoms with Crippen LogP contribution in [-0.4, -0.2) is 46.1 Å². The Morgan fingerprint density at radius 3 is 2.43 bits per heavy atom. The van der Waals surface area contributed by atoms with Crippen LogP contribution in [0.1, 0.15) is 26.7 Å². The summed E-state index contributed by atoms with van der Waals surface area (Å²) in [6, 6.07) is -0.0129. The maximum atomic E-state index is 11.4. The molecule has 1 heterocycles. The van der Waals surface area contributed by atoms with Crippen molar-refractivity contribution < 1.29 is 9.90 Å². The van der Waals surface area contributed by atoms with Crippen LogP contribution in [0.3, 0.4) is 0 Å². The molecule has 1 aliphatic rings. The molecule has 0 saturated carbocycles. The minimum absolute atomic E-state index is 0.0129. The zero-order chi connectivity index (χ0) is 10.8. The number of piperidine rings is 1. The minimum atomic E-state index is -0.529. The quantitative estimate of drug-likeness (QED) is 0.752. The number of hydrogen-bond acceptors (Lipinski definition) is 4. The van der Waals surface area contributed by atoms with Gasteiger partial charge in [0, 0.05) is 13.1 Å². The first-order chi connectivity index (χ1) is 6.46. The predicted molar refractivity (Wildman–Crippen MR) is 59.4 cm³/mol. The van der Waals surface area contributed by atoms with Crippen molar-refractivity contribution in [2.24, 2.45) is 0 Å². The van der Waals surface area contributed by atoms with Crippen molar-refractivity contribution in [1.82, 2.24) is 4.90 Å². The summed E-state index contributed by atoms with van der Waals surface area (Å²) in [5.41, 5.74) is -0.529. The molecule has 0 spiro atoms. The predicted octanol–water partition coefficient (Wildman–Crippen LogP) is 1.11. The van der Waals surface area contributed by atoms with Crippen molar-refractivity contribution in [1.29, 1.82) is 0 Å². The Balaban J connectivity index is 2.45. The summed E-state index contributed by atoms with van der Waals surface area (Å²) in [5, 5.41) is 9.97. The summed E-state index contributed by atoms with van der Waals surface area (Å²) in [5.74, 6) is 0. The number of rotatable bonds is 2. The zero-order valence-electron chi connectivity index (χ0n) is 9.12. The smallest absolute Gasteiger partial charge is 0.205 e. The summed E-state index contributed by atoms with van der Waals surface area (Å²) in [4.78, 5) is 13.6. The average molecular weight is 217 g/mol. The number of carbonyl (C=O) groups is 1. The lowest BCUT2D eigenvalue weighted by Crippen LogP contribution is -2.48. The lowest BCUT2D eigenvalue weighted by Gasteiger charge is -2.38. The van der Waals surface area contributed by atoms with Gasteiger partial charge in [0.15, 0.2) is 0 Å². The number of hydrogen-bond donors (Lipinski definition) is 1. The molecule has 0 aromatic carbocycles. The summed E-state index contributed by atoms with van der Waals surface area (Å²) in [6.07, 6.45) is 3.34. The molecule has 82 valence electrons. The van der Waals surface area contributed by atoms with Gasteiger partial charge in [0.1, 0.15) is 0 Å². The lowest BCUT2D eigenvalue weighted by molar-refractivity contribution is -0.116. The van der Waals surface area contributed by atoms with E-state index >= 15 is 0 Å². The first-order valence-corrected chi connectivity index (χ1v) is 6.23. The van der Waals surface area contributed by atoms with E-state index in [4.69, 9.17) is 0 Å². The van der Waals surface area contributed by atoms with Crippen LogP contribution in [0.2, 0.25) is 0 Å². The van der Waals surface area contributed by atoms with E-state index in [1.54, 1.807) is 0 Å². The highest BCUT2D eigenvalue weighted by Crippen LogP contribution is 2.23. The molecule has 1 fully saturated rings. The molecule has 0 aromatic heterocycles. The van der Waals surface area contributed by atoms with Gasteiger partial charge in [-0.1, -0.05) is 11.8 Å². The first-order valence-electron chi connectivity index (χ1n) is 5.00. The van der Waals surface area contributed by atoms with E-state index in [9.17, 15) is 9.90 Å². The Labute approximate surface area is 89.9 Å². The SMILES string of the molecule is CSC(=O)C(C)N1CCC(C)(O)CC1. The second-order valence-electron chi connectivity index (χ2n) is 4.23. The fraction of sp³-hybridized carbons (Fsp3) is 0.900. The Hall–Kier alpha value is -0.0600. The lowest BCUT2D eigenvalue weighted by atomic mass is 9.93. The number of likely N-dealkylation sites (tertiary alicyclic amines) is 1. The van der Waals surface area contributed by atoms with Gasteiger partial charge in [-0.2, -0.15) is 0 Å². The fourth-order valence-corrected chi connectivity index (χ4v) is 2.20. The molecule has 1 atom stereocenters. The Morgan fingerprint density at radius 2 is 2.00 bits per heavy atom. The van der Waals surface area contributed by atoms with Gasteiger partial charge >= 0.3 is 0 Å². The van der Waals surface area contributed by atoms with E-state index in [2.05, 4.69) is 4.90 Å². The van der Waals surface area contributed by atoms with Crippen LogP contribution in [0, 0.1) is 0 Å². The Morgan fingerprint density at radius 1 is 1.50 bits per heavy atom. The molecule has 1 unspecified atom stereocenters. The number of aliphatic hydroxyl groups is 1. The van der Waals surface area contributed by atoms with Crippen LogP contribution in [0.4, 0.5) is 0 Å². The standard InChI is InChI=1S/C10H19NO2S/c1-8(9(12)14-3)11-6-4-10(2,13)5-7-11/h8,13H,4-7H2,1-3H3. The van der Waals surface area contributed by atoms with E-state index in [-0.39, 0.29) is 11.2 Å². The second kappa shape index (κ2) is 4.64. The van der Waals surface area contributed by atoms with Gasteiger partial charge in [0.25, 0.3) is 0 Å². The van der Waals surface area contributed by atoms with Crippen LogP contribution in [0.5, 0.6) is 0 Å². The van der Waals surface area contributed by atoms with E-state index < -0.39 is 5.60 Å². The molecule has 0 bridgehead atoms. The third-order valence-corrected chi connectivity index (χ3v) is 3.71. The molecular weight excluding hydrogens is 198 g/mol. The third kappa shape index (κ3) is 2.97. The van der Waals surface area contributed by atoms with Gasteiger partial charge in [-0.05, 0) is 32.9 Å². The van der Waals surface area contributed by atoms with E-state index in [1.165, 1.54) is 11.8 Å². The fourth-order valence-electron chi connectivity index (χ4n) is 1.71. The van der Waals surface area contributed by atoms with Crippen LogP contribution >= 0.6 is 11.8 Å². The third-order valence-electron chi connectivity index (χ3n) is 2.97. The molecule has 14 heavy (non-hydrogen) atoms. The largest absolute Gasteiger partial charge is 0.390 e. The highest BCUT2D eigenvalue weighted by atomic mass is 32.2. The highest BCUT2D eigenvalue weighted by Gasteiger charge is 2.31. The van der Waals surface area contributed by atoms with Crippen molar-refractivity contribution in [3.63, 3.8) is 0 Å². The molecule has 4 heteroatoms. The van der Waals surface area contributed by atoms with Crippen molar-refractivity contribution in [2.45, 2.75) is 38.3 Å². The molecule has 0 aromatic rings. The van der Waals surface area contributed by atoms with Gasteiger partial charge in [-0.3, -0.25) is 9.69 Å². The Bertz CT molecular complexity index is 208. The van der Waals surface area contributed by atoms with Gasteiger partial charge < -0.3 is 5.11 Å². The van der Waals surface area contributed by atoms with Crippen molar-refractivity contribution in [3.8, 4) is 0 Å². The topological polar surface area (TPSA) is 40.5 Å². The summed E-state index contributed by atoms with van der Waals surface area (Å²) in [6.45, 7) is 5.45. The highest BCUT2D eigenvalue weighted by molar-refractivity contribution is 8.13. The molecule has 1 saturated heterocycles. The zero-order valence-corrected chi connectivity index (χ0v) is 9.93. The molecular formula is C10H19NO2S. The molecule has 0 aliphatic carbocycles. The van der Waals surface area contributed by atoms with Crippen LogP contribution < -0.4 is 0 Å². The maximum Gasteiger partial charge on any atom is 0.205 e. The van der Waals surface area contributed by atoms with Gasteiger partial charge in [0.05, 0.1) is 11.6 Å². The van der Waals surface area contributed by atoms with Crippen molar-refractivity contribution >= 4 is 16.9 Å². The maximum absolute atomic E-state index is 11.4. The van der Waals surface area contributed by atoms with Crippen LogP contribution in [-0.2, 0) is 4.79 Å². The van der Waals surface area contributed by atoms with E-state index in [1.807, 2.05) is 20.1 Å². The van der Waals surface area contributed by atoms with E-state index in [0.29, 0.717) is 0 Å². The molecule has 0 amide bonds. The number of carbonyl (C=O) groups excluding carboxylic acids is 1. The normalized spacial score (nSPS) is 24.6. The summed E-state index contributed by atoms with van der Waals surface area (Å²) >= 11 is 1.28. The van der Waals surface area contributed by atoms with Crippen LogP contribution in [0.15, 0.2) is 0 Å². The molecule has 1 rings (SSSR count). The summed E-state index contributed by atoms with van der Waals surface area (Å²) < 4.78 is 0. The average Bonchev–Trinajstić information content (AvgIpc) is 2.15. The minimum Gasteiger partial charge on any atom is -0.390 e. The van der Waals surface area contributed by atoms with Crippen molar-refractivity contribution in [3.05, 3.63) is 0 Å². The summed E-state index contributed by atoms with van der Waals surface area (Å²) in [7, 11) is 0. The molecule has 1 aliphatic heterocycles. The van der Waals surface area contributed by atoms with Gasteiger partial charge in [-0.25, -0.2) is 0 Å². The number of thioether (sulfide) groups is 1. The Kier molecular flexibility index (Phi) is 3.98.